The Hall–Kier alpha value is -2.74. The first-order valence-corrected chi connectivity index (χ1v) is 8.10. The van der Waals surface area contributed by atoms with Crippen LogP contribution < -0.4 is 10.5 Å². The summed E-state index contributed by atoms with van der Waals surface area (Å²) < 4.78 is 5.17. The molecule has 0 radical (unpaired) electrons. The number of methoxy groups -OCH3 is 1. The number of pyridine rings is 1. The number of aromatic nitrogens is 1. The summed E-state index contributed by atoms with van der Waals surface area (Å²) in [7, 11) is 1.60. The average Bonchev–Trinajstić information content (AvgIpc) is 2.63. The van der Waals surface area contributed by atoms with Gasteiger partial charge in [-0.3, -0.25) is 0 Å². The van der Waals surface area contributed by atoms with Crippen molar-refractivity contribution in [2.75, 3.05) is 12.8 Å². The molecule has 0 fully saturated rings. The molecule has 0 bridgehead atoms. The van der Waals surface area contributed by atoms with Crippen molar-refractivity contribution in [3.05, 3.63) is 64.1 Å². The van der Waals surface area contributed by atoms with Gasteiger partial charge in [-0.1, -0.05) is 35.3 Å². The lowest BCUT2D eigenvalue weighted by Gasteiger charge is -2.12. The van der Waals surface area contributed by atoms with Gasteiger partial charge in [0.15, 0.2) is 0 Å². The van der Waals surface area contributed by atoms with Crippen LogP contribution in [0, 0.1) is 11.3 Å². The van der Waals surface area contributed by atoms with Crippen molar-refractivity contribution in [2.45, 2.75) is 0 Å². The number of ether oxygens (including phenoxy) is 1. The molecule has 25 heavy (non-hydrogen) atoms. The zero-order valence-electron chi connectivity index (χ0n) is 13.3. The Balaban J connectivity index is 2.22. The van der Waals surface area contributed by atoms with Crippen LogP contribution >= 0.6 is 23.2 Å². The normalized spacial score (nSPS) is 10.3. The van der Waals surface area contributed by atoms with Crippen LogP contribution in [0.2, 0.25) is 10.0 Å². The first kappa shape index (κ1) is 17.1. The zero-order valence-corrected chi connectivity index (χ0v) is 14.8. The molecule has 0 aliphatic heterocycles. The minimum atomic E-state index is 0.141. The second-order valence-corrected chi connectivity index (χ2v) is 6.04. The number of anilines is 1. The number of benzene rings is 2. The molecule has 0 saturated heterocycles. The Morgan fingerprint density at radius 2 is 1.80 bits per heavy atom. The smallest absolute Gasteiger partial charge is 0.142 e. The first-order valence-electron chi connectivity index (χ1n) is 7.34. The Kier molecular flexibility index (Phi) is 4.80. The summed E-state index contributed by atoms with van der Waals surface area (Å²) in [6, 6.07) is 16.5. The molecule has 0 spiro atoms. The van der Waals surface area contributed by atoms with E-state index in [2.05, 4.69) is 11.1 Å². The van der Waals surface area contributed by atoms with E-state index in [4.69, 9.17) is 33.7 Å². The van der Waals surface area contributed by atoms with Gasteiger partial charge in [0.25, 0.3) is 0 Å². The van der Waals surface area contributed by atoms with Crippen LogP contribution in [0.4, 0.5) is 5.82 Å². The lowest BCUT2D eigenvalue weighted by Crippen LogP contribution is -2.00. The molecule has 3 rings (SSSR count). The van der Waals surface area contributed by atoms with Crippen LogP contribution in [-0.4, -0.2) is 12.1 Å². The van der Waals surface area contributed by atoms with Crippen molar-refractivity contribution >= 4 is 29.0 Å². The Morgan fingerprint density at radius 1 is 1.08 bits per heavy atom. The van der Waals surface area contributed by atoms with E-state index in [1.165, 1.54) is 0 Å². The minimum absolute atomic E-state index is 0.141. The summed E-state index contributed by atoms with van der Waals surface area (Å²) in [5.74, 6) is 0.880. The maximum absolute atomic E-state index is 9.49. The van der Waals surface area contributed by atoms with Gasteiger partial charge in [0.2, 0.25) is 0 Å². The van der Waals surface area contributed by atoms with E-state index >= 15 is 0 Å². The average molecular weight is 370 g/mol. The molecule has 2 aromatic carbocycles. The number of rotatable bonds is 3. The number of nitrogens with zero attached hydrogens (tertiary/aromatic N) is 2. The number of nitriles is 1. The topological polar surface area (TPSA) is 71.9 Å². The fourth-order valence-corrected chi connectivity index (χ4v) is 2.92. The summed E-state index contributed by atoms with van der Waals surface area (Å²) in [4.78, 5) is 4.35. The number of halogens is 2. The second-order valence-electron chi connectivity index (χ2n) is 5.26. The monoisotopic (exact) mass is 369 g/mol. The van der Waals surface area contributed by atoms with Crippen molar-refractivity contribution in [3.8, 4) is 34.2 Å². The highest BCUT2D eigenvalue weighted by Gasteiger charge is 2.16. The Morgan fingerprint density at radius 3 is 2.44 bits per heavy atom. The van der Waals surface area contributed by atoms with Crippen molar-refractivity contribution in [1.29, 1.82) is 5.26 Å². The highest BCUT2D eigenvalue weighted by atomic mass is 35.5. The van der Waals surface area contributed by atoms with E-state index in [9.17, 15) is 5.26 Å². The van der Waals surface area contributed by atoms with E-state index < -0.39 is 0 Å². The molecule has 0 aliphatic carbocycles. The standard InChI is InChI=1S/C19H13Cl2N3O/c1-25-12-7-5-11(6-8-12)17-9-14(15(10-22)19(23)24-17)13-3-2-4-16(20)18(13)21/h2-9H,1H3,(H2,23,24). The van der Waals surface area contributed by atoms with E-state index in [1.807, 2.05) is 24.3 Å². The van der Waals surface area contributed by atoms with Gasteiger partial charge in [-0.2, -0.15) is 5.26 Å². The van der Waals surface area contributed by atoms with Gasteiger partial charge in [-0.25, -0.2) is 4.98 Å². The van der Waals surface area contributed by atoms with Gasteiger partial charge >= 0.3 is 0 Å². The summed E-state index contributed by atoms with van der Waals surface area (Å²) in [6.45, 7) is 0. The SMILES string of the molecule is COc1ccc(-c2cc(-c3cccc(Cl)c3Cl)c(C#N)c(N)n2)cc1. The van der Waals surface area contributed by atoms with Crippen LogP contribution in [0.15, 0.2) is 48.5 Å². The van der Waals surface area contributed by atoms with Gasteiger partial charge in [0.1, 0.15) is 23.2 Å². The molecule has 6 heteroatoms. The summed E-state index contributed by atoms with van der Waals surface area (Å²) in [6.07, 6.45) is 0. The van der Waals surface area contributed by atoms with Gasteiger partial charge < -0.3 is 10.5 Å². The Bertz CT molecular complexity index is 979. The molecule has 124 valence electrons. The fourth-order valence-electron chi connectivity index (χ4n) is 2.52. The van der Waals surface area contributed by atoms with E-state index in [0.29, 0.717) is 26.9 Å². The third-order valence-electron chi connectivity index (χ3n) is 3.79. The molecule has 0 unspecified atom stereocenters. The minimum Gasteiger partial charge on any atom is -0.497 e. The molecular formula is C19H13Cl2N3O. The number of nitrogen functional groups attached to an aromatic ring is 1. The third kappa shape index (κ3) is 3.25. The largest absolute Gasteiger partial charge is 0.497 e. The van der Waals surface area contributed by atoms with Gasteiger partial charge in [0, 0.05) is 16.7 Å². The second kappa shape index (κ2) is 7.02. The molecule has 0 aliphatic rings. The first-order chi connectivity index (χ1) is 12.0. The van der Waals surface area contributed by atoms with Crippen molar-refractivity contribution in [2.24, 2.45) is 0 Å². The number of hydrogen-bond donors (Lipinski definition) is 1. The lowest BCUT2D eigenvalue weighted by molar-refractivity contribution is 0.415. The molecule has 0 saturated carbocycles. The maximum atomic E-state index is 9.49. The third-order valence-corrected chi connectivity index (χ3v) is 4.61. The summed E-state index contributed by atoms with van der Waals surface area (Å²) >= 11 is 12.4. The van der Waals surface area contributed by atoms with E-state index in [0.717, 1.165) is 11.3 Å². The summed E-state index contributed by atoms with van der Waals surface area (Å²) in [5, 5.41) is 10.3. The molecule has 1 heterocycles. The van der Waals surface area contributed by atoms with Crippen LogP contribution in [-0.2, 0) is 0 Å². The number of hydrogen-bond acceptors (Lipinski definition) is 4. The summed E-state index contributed by atoms with van der Waals surface area (Å²) in [5.41, 5.74) is 8.98. The molecule has 0 amide bonds. The van der Waals surface area contributed by atoms with Gasteiger partial charge in [0.05, 0.1) is 22.8 Å². The van der Waals surface area contributed by atoms with Crippen molar-refractivity contribution in [1.82, 2.24) is 4.98 Å². The maximum Gasteiger partial charge on any atom is 0.142 e. The zero-order chi connectivity index (χ0) is 18.0. The van der Waals surface area contributed by atoms with Crippen molar-refractivity contribution < 1.29 is 4.74 Å². The molecule has 0 atom stereocenters. The lowest BCUT2D eigenvalue weighted by atomic mass is 9.98. The molecule has 3 aromatic rings. The molecular weight excluding hydrogens is 357 g/mol. The van der Waals surface area contributed by atoms with Crippen LogP contribution in [0.3, 0.4) is 0 Å². The van der Waals surface area contributed by atoms with E-state index in [1.54, 1.807) is 31.4 Å². The van der Waals surface area contributed by atoms with E-state index in [-0.39, 0.29) is 11.4 Å². The molecule has 4 nitrogen and oxygen atoms in total. The number of nitrogens with two attached hydrogens (primary N) is 1. The fraction of sp³-hybridized carbons (Fsp3) is 0.0526. The van der Waals surface area contributed by atoms with Gasteiger partial charge in [-0.05, 0) is 36.4 Å². The highest BCUT2D eigenvalue weighted by molar-refractivity contribution is 6.43. The van der Waals surface area contributed by atoms with Gasteiger partial charge in [-0.15, -0.1) is 0 Å². The predicted octanol–water partition coefficient (Wildman–Crippen LogP) is 5.18. The molecule has 1 aromatic heterocycles. The highest BCUT2D eigenvalue weighted by Crippen LogP contribution is 2.38. The van der Waals surface area contributed by atoms with Crippen LogP contribution in [0.5, 0.6) is 5.75 Å². The van der Waals surface area contributed by atoms with Crippen molar-refractivity contribution in [3.63, 3.8) is 0 Å². The predicted molar refractivity (Wildman–Crippen MR) is 101 cm³/mol. The van der Waals surface area contributed by atoms with Crippen LogP contribution in [0.1, 0.15) is 5.56 Å². The van der Waals surface area contributed by atoms with Crippen LogP contribution in [0.25, 0.3) is 22.4 Å². The molecule has 2 N–H and O–H groups in total. The Labute approximate surface area is 155 Å². The quantitative estimate of drug-likeness (QED) is 0.689.